The first-order valence-corrected chi connectivity index (χ1v) is 26.7. The number of benzene rings is 6. The van der Waals surface area contributed by atoms with Crippen molar-refractivity contribution >= 4 is 74.7 Å². The van der Waals surface area contributed by atoms with Crippen LogP contribution in [0.3, 0.4) is 0 Å². The van der Waals surface area contributed by atoms with E-state index < -0.39 is 10.8 Å². The zero-order chi connectivity index (χ0) is 56.5. The van der Waals surface area contributed by atoms with Gasteiger partial charge in [0.25, 0.3) is 5.91 Å². The van der Waals surface area contributed by atoms with Crippen LogP contribution in [0.2, 0.25) is 0 Å². The standard InChI is InChI=1S/C31H40N6O2.C31H38N4O4/c1-7-21-31(3,8-2)30(38)39-23-22-37(6)29-19-15-27(16-20-29)35-33-25-11-9-24(10-12-25)32-34-26-13-17-28(18-14-26)36(4)5;1-6-20-31(3,7-2)30(37)39-22-21-38-28-18-8-23(9-19-28)29(36)32-24-10-12-25(13-11-24)33-34-26-14-16-27(17-15-26)35(4)5/h9-20H,7-8,21-23H2,1-6H3;8-19H,6-7,20-22H2,1-5H3,(H,32,36). The first kappa shape index (κ1) is 60.6. The Morgan fingerprint density at radius 1 is 0.449 bits per heavy atom. The van der Waals surface area contributed by atoms with E-state index in [0.29, 0.717) is 35.8 Å². The van der Waals surface area contributed by atoms with Crippen molar-refractivity contribution in [2.75, 3.05) is 81.6 Å². The molecule has 0 fully saturated rings. The number of ether oxygens (including phenoxy) is 3. The predicted molar refractivity (Wildman–Crippen MR) is 315 cm³/mol. The average Bonchev–Trinajstić information content (AvgIpc) is 3.45. The second-order valence-corrected chi connectivity index (χ2v) is 19.9. The third kappa shape index (κ3) is 19.1. The topological polar surface area (TPSA) is 175 Å². The lowest BCUT2D eigenvalue weighted by Gasteiger charge is -2.26. The van der Waals surface area contributed by atoms with Gasteiger partial charge in [-0.1, -0.05) is 40.5 Å². The number of azo groups is 3. The smallest absolute Gasteiger partial charge is 0.311 e. The SMILES string of the molecule is CCCC(C)(CC)C(=O)OCCN(C)c1ccc(N=Nc2ccc(N=Nc3ccc(N(C)C)cc3)cc2)cc1.CCCC(C)(CC)C(=O)OCCOc1ccc(C(=O)Nc2ccc(N=Nc3ccc(N(C)C)cc3)cc2)cc1. The molecule has 0 aliphatic heterocycles. The highest BCUT2D eigenvalue weighted by atomic mass is 16.6. The lowest BCUT2D eigenvalue weighted by molar-refractivity contribution is -0.156. The number of hydrogen-bond acceptors (Lipinski definition) is 15. The molecule has 2 unspecified atom stereocenters. The Balaban J connectivity index is 0.000000287. The number of likely N-dealkylation sites (N-methyl/N-ethyl adjacent to an activating group) is 1. The molecule has 0 aromatic heterocycles. The molecule has 0 aliphatic carbocycles. The molecule has 0 bridgehead atoms. The van der Waals surface area contributed by atoms with E-state index in [1.54, 1.807) is 48.5 Å². The zero-order valence-corrected chi connectivity index (χ0v) is 47.4. The van der Waals surface area contributed by atoms with Crippen molar-refractivity contribution in [3.63, 3.8) is 0 Å². The molecule has 1 N–H and O–H groups in total. The lowest BCUT2D eigenvalue weighted by atomic mass is 9.83. The van der Waals surface area contributed by atoms with Crippen molar-refractivity contribution in [1.29, 1.82) is 0 Å². The molecule has 0 saturated carbocycles. The Labute approximate surface area is 461 Å². The van der Waals surface area contributed by atoms with Crippen LogP contribution < -0.4 is 24.8 Å². The number of esters is 2. The number of carbonyl (C=O) groups excluding carboxylic acids is 3. The van der Waals surface area contributed by atoms with Crippen molar-refractivity contribution in [1.82, 2.24) is 0 Å². The quantitative estimate of drug-likeness (QED) is 0.0315. The molecule has 16 nitrogen and oxygen atoms in total. The van der Waals surface area contributed by atoms with Gasteiger partial charge in [0, 0.05) is 63.6 Å². The molecule has 412 valence electrons. The van der Waals surface area contributed by atoms with E-state index in [0.717, 1.165) is 84.0 Å². The van der Waals surface area contributed by atoms with E-state index in [1.807, 2.05) is 170 Å². The molecule has 0 aliphatic rings. The zero-order valence-electron chi connectivity index (χ0n) is 47.4. The van der Waals surface area contributed by atoms with Gasteiger partial charge in [0.2, 0.25) is 0 Å². The van der Waals surface area contributed by atoms with Crippen molar-refractivity contribution in [2.24, 2.45) is 41.5 Å². The minimum absolute atomic E-state index is 0.109. The van der Waals surface area contributed by atoms with Gasteiger partial charge in [0.15, 0.2) is 0 Å². The average molecular weight is 1060 g/mol. The van der Waals surface area contributed by atoms with Crippen LogP contribution in [-0.2, 0) is 19.1 Å². The van der Waals surface area contributed by atoms with Crippen LogP contribution in [0.25, 0.3) is 0 Å². The molecule has 0 heterocycles. The van der Waals surface area contributed by atoms with E-state index in [9.17, 15) is 14.4 Å². The molecule has 2 atom stereocenters. The molecular formula is C62H78N10O6. The third-order valence-corrected chi connectivity index (χ3v) is 13.4. The number of anilines is 4. The van der Waals surface area contributed by atoms with Crippen LogP contribution in [0.5, 0.6) is 5.75 Å². The van der Waals surface area contributed by atoms with Crippen LogP contribution in [-0.4, -0.2) is 79.4 Å². The van der Waals surface area contributed by atoms with Gasteiger partial charge in [-0.25, -0.2) is 0 Å². The normalized spacial score (nSPS) is 12.8. The first-order valence-electron chi connectivity index (χ1n) is 26.7. The van der Waals surface area contributed by atoms with Gasteiger partial charge >= 0.3 is 11.9 Å². The Bertz CT molecular complexity index is 2870. The lowest BCUT2D eigenvalue weighted by Crippen LogP contribution is -2.32. The third-order valence-electron chi connectivity index (χ3n) is 13.4. The van der Waals surface area contributed by atoms with Crippen LogP contribution in [0.1, 0.15) is 90.4 Å². The number of nitrogens with one attached hydrogen (secondary N) is 1. The molecular weight excluding hydrogens is 981 g/mol. The fraction of sp³-hybridized carbons (Fsp3) is 0.371. The number of hydrogen-bond donors (Lipinski definition) is 1. The van der Waals surface area contributed by atoms with E-state index in [1.165, 1.54) is 0 Å². The van der Waals surface area contributed by atoms with Crippen LogP contribution in [0.4, 0.5) is 56.9 Å². The van der Waals surface area contributed by atoms with Gasteiger partial charge in [0.1, 0.15) is 25.6 Å². The fourth-order valence-electron chi connectivity index (χ4n) is 7.85. The van der Waals surface area contributed by atoms with Crippen molar-refractivity contribution in [3.8, 4) is 5.75 Å². The van der Waals surface area contributed by atoms with Crippen molar-refractivity contribution in [2.45, 2.75) is 80.1 Å². The van der Waals surface area contributed by atoms with Crippen LogP contribution in [0, 0.1) is 10.8 Å². The predicted octanol–water partition coefficient (Wildman–Crippen LogP) is 16.3. The van der Waals surface area contributed by atoms with E-state index >= 15 is 0 Å². The molecule has 6 aromatic rings. The summed E-state index contributed by atoms with van der Waals surface area (Å²) in [5.41, 5.74) is 7.99. The van der Waals surface area contributed by atoms with Crippen molar-refractivity contribution in [3.05, 3.63) is 151 Å². The summed E-state index contributed by atoms with van der Waals surface area (Å²) in [6.07, 6.45) is 5.07. The summed E-state index contributed by atoms with van der Waals surface area (Å²) < 4.78 is 16.7. The van der Waals surface area contributed by atoms with Gasteiger partial charge in [-0.15, -0.1) is 0 Å². The first-order chi connectivity index (χ1) is 37.5. The summed E-state index contributed by atoms with van der Waals surface area (Å²) in [4.78, 5) is 43.6. The molecule has 0 spiro atoms. The number of rotatable bonds is 26. The highest BCUT2D eigenvalue weighted by Gasteiger charge is 2.33. The summed E-state index contributed by atoms with van der Waals surface area (Å²) in [6, 6.07) is 44.9. The summed E-state index contributed by atoms with van der Waals surface area (Å²) in [6.45, 7) is 13.5. The highest BCUT2D eigenvalue weighted by molar-refractivity contribution is 6.04. The second-order valence-electron chi connectivity index (χ2n) is 19.9. The summed E-state index contributed by atoms with van der Waals surface area (Å²) >= 11 is 0. The fourth-order valence-corrected chi connectivity index (χ4v) is 7.85. The van der Waals surface area contributed by atoms with Gasteiger partial charge < -0.3 is 34.2 Å². The van der Waals surface area contributed by atoms with Crippen LogP contribution >= 0.6 is 0 Å². The minimum Gasteiger partial charge on any atom is -0.490 e. The van der Waals surface area contributed by atoms with Gasteiger partial charge in [-0.2, -0.15) is 30.7 Å². The molecule has 78 heavy (non-hydrogen) atoms. The molecule has 6 rings (SSSR count). The summed E-state index contributed by atoms with van der Waals surface area (Å²) in [5.74, 6) is 0.0663. The van der Waals surface area contributed by atoms with Crippen molar-refractivity contribution < 1.29 is 28.6 Å². The van der Waals surface area contributed by atoms with E-state index in [4.69, 9.17) is 14.2 Å². The largest absolute Gasteiger partial charge is 0.490 e. The number of amides is 1. The van der Waals surface area contributed by atoms with Crippen LogP contribution in [0.15, 0.2) is 176 Å². The molecule has 16 heteroatoms. The maximum atomic E-state index is 12.7. The summed E-state index contributed by atoms with van der Waals surface area (Å²) in [5, 5.41) is 28.7. The minimum atomic E-state index is -0.451. The maximum absolute atomic E-state index is 12.7. The molecule has 6 aromatic carbocycles. The maximum Gasteiger partial charge on any atom is 0.311 e. The number of carbonyl (C=O) groups is 3. The molecule has 0 radical (unpaired) electrons. The summed E-state index contributed by atoms with van der Waals surface area (Å²) in [7, 11) is 9.96. The molecule has 0 saturated heterocycles. The second kappa shape index (κ2) is 30.5. The van der Waals surface area contributed by atoms with Gasteiger partial charge in [-0.05, 0) is 185 Å². The Morgan fingerprint density at radius 2 is 0.795 bits per heavy atom. The van der Waals surface area contributed by atoms with E-state index in [2.05, 4.69) is 54.7 Å². The Kier molecular flexibility index (Phi) is 23.7. The Morgan fingerprint density at radius 3 is 1.15 bits per heavy atom. The molecule has 1 amide bonds. The Hall–Kier alpha value is -8.27. The van der Waals surface area contributed by atoms with Gasteiger partial charge in [-0.3, -0.25) is 14.4 Å². The number of nitrogens with zero attached hydrogens (tertiary/aromatic N) is 9. The van der Waals surface area contributed by atoms with E-state index in [-0.39, 0.29) is 31.1 Å². The monoisotopic (exact) mass is 1060 g/mol. The highest BCUT2D eigenvalue weighted by Crippen LogP contribution is 2.31. The van der Waals surface area contributed by atoms with Gasteiger partial charge in [0.05, 0.1) is 51.5 Å².